The molecule has 1 heterocycles. The number of nitrogens with zero attached hydrogens (tertiary/aromatic N) is 2. The van der Waals surface area contributed by atoms with Crippen LogP contribution >= 0.6 is 0 Å². The Hall–Kier alpha value is -1.83. The van der Waals surface area contributed by atoms with Gasteiger partial charge in [-0.1, -0.05) is 0 Å². The molecule has 5 heteroatoms. The van der Waals surface area contributed by atoms with Crippen molar-refractivity contribution in [2.75, 3.05) is 0 Å². The maximum atomic E-state index is 10.7. The minimum atomic E-state index is -0.632. The van der Waals surface area contributed by atoms with Gasteiger partial charge in [0.2, 0.25) is 0 Å². The number of nitrogens with one attached hydrogen (secondary N) is 1. The van der Waals surface area contributed by atoms with Gasteiger partial charge in [-0.25, -0.2) is 0 Å². The smallest absolute Gasteiger partial charge is 0.253 e. The van der Waals surface area contributed by atoms with Crippen LogP contribution in [-0.2, 0) is 0 Å². The third-order valence-corrected chi connectivity index (χ3v) is 1.30. The van der Waals surface area contributed by atoms with E-state index in [0.29, 0.717) is 5.69 Å². The molecule has 0 radical (unpaired) electrons. The van der Waals surface area contributed by atoms with Crippen LogP contribution in [0.15, 0.2) is 0 Å². The number of hydrogen-bond acceptors (Lipinski definition) is 3. The molecule has 0 saturated carbocycles. The van der Waals surface area contributed by atoms with E-state index in [-0.39, 0.29) is 11.3 Å². The number of primary amides is 1. The molecule has 3 N–H and O–H groups in total. The number of aryl methyl sites for hydroxylation is 1. The van der Waals surface area contributed by atoms with Crippen molar-refractivity contribution in [3.63, 3.8) is 0 Å². The first-order chi connectivity index (χ1) is 5.16. The monoisotopic (exact) mass is 150 g/mol. The van der Waals surface area contributed by atoms with E-state index in [4.69, 9.17) is 11.0 Å². The minimum absolute atomic E-state index is 0.0509. The normalized spacial score (nSPS) is 9.09. The van der Waals surface area contributed by atoms with Gasteiger partial charge in [-0.2, -0.15) is 10.4 Å². The lowest BCUT2D eigenvalue weighted by atomic mass is 10.2. The molecule has 0 aliphatic rings. The fourth-order valence-electron chi connectivity index (χ4n) is 0.812. The van der Waals surface area contributed by atoms with Gasteiger partial charge >= 0.3 is 0 Å². The van der Waals surface area contributed by atoms with Crippen molar-refractivity contribution in [1.82, 2.24) is 10.2 Å². The van der Waals surface area contributed by atoms with E-state index in [1.807, 2.05) is 0 Å². The molecule has 0 bridgehead atoms. The lowest BCUT2D eigenvalue weighted by Crippen LogP contribution is -2.12. The van der Waals surface area contributed by atoms with Gasteiger partial charge in [-0.15, -0.1) is 0 Å². The Bertz CT molecular complexity index is 333. The lowest BCUT2D eigenvalue weighted by molar-refractivity contribution is 0.0999. The molecule has 0 saturated heterocycles. The van der Waals surface area contributed by atoms with E-state index in [1.165, 1.54) is 0 Å². The Balaban J connectivity index is 3.32. The highest BCUT2D eigenvalue weighted by Crippen LogP contribution is 2.07. The molecule has 56 valence electrons. The molecule has 1 aromatic rings. The summed E-state index contributed by atoms with van der Waals surface area (Å²) in [6.07, 6.45) is 0. The van der Waals surface area contributed by atoms with E-state index < -0.39 is 5.91 Å². The minimum Gasteiger partial charge on any atom is -0.365 e. The molecule has 11 heavy (non-hydrogen) atoms. The average Bonchev–Trinajstić information content (AvgIpc) is 2.30. The third kappa shape index (κ3) is 1.05. The van der Waals surface area contributed by atoms with Crippen LogP contribution in [0.5, 0.6) is 0 Å². The Kier molecular flexibility index (Phi) is 1.60. The van der Waals surface area contributed by atoms with Crippen molar-refractivity contribution in [2.45, 2.75) is 6.92 Å². The van der Waals surface area contributed by atoms with Crippen LogP contribution in [0.2, 0.25) is 0 Å². The van der Waals surface area contributed by atoms with Crippen LogP contribution < -0.4 is 5.73 Å². The zero-order chi connectivity index (χ0) is 8.43. The number of rotatable bonds is 1. The van der Waals surface area contributed by atoms with Gasteiger partial charge in [-0.05, 0) is 6.92 Å². The molecule has 1 amide bonds. The SMILES string of the molecule is Cc1[nH]nc(C#N)c1C(N)=O. The number of H-pyrrole nitrogens is 1. The van der Waals surface area contributed by atoms with Crippen molar-refractivity contribution in [3.05, 3.63) is 17.0 Å². The van der Waals surface area contributed by atoms with Crippen LogP contribution in [-0.4, -0.2) is 16.1 Å². The summed E-state index contributed by atoms with van der Waals surface area (Å²) in [6.45, 7) is 1.63. The highest BCUT2D eigenvalue weighted by molar-refractivity contribution is 5.95. The molecule has 1 aromatic heterocycles. The summed E-state index contributed by atoms with van der Waals surface area (Å²) in [5.74, 6) is -0.632. The highest BCUT2D eigenvalue weighted by Gasteiger charge is 2.13. The quantitative estimate of drug-likeness (QED) is 0.574. The molecular weight excluding hydrogens is 144 g/mol. The summed E-state index contributed by atoms with van der Waals surface area (Å²) in [7, 11) is 0. The van der Waals surface area contributed by atoms with Gasteiger partial charge in [0.15, 0.2) is 5.69 Å². The van der Waals surface area contributed by atoms with E-state index in [9.17, 15) is 4.79 Å². The van der Waals surface area contributed by atoms with Gasteiger partial charge < -0.3 is 5.73 Å². The Morgan fingerprint density at radius 3 is 2.82 bits per heavy atom. The number of carbonyl (C=O) groups is 1. The number of carbonyl (C=O) groups excluding carboxylic acids is 1. The van der Waals surface area contributed by atoms with E-state index >= 15 is 0 Å². The summed E-state index contributed by atoms with van der Waals surface area (Å²) in [4.78, 5) is 10.7. The maximum Gasteiger partial charge on any atom is 0.253 e. The zero-order valence-corrected chi connectivity index (χ0v) is 5.88. The second kappa shape index (κ2) is 2.42. The molecule has 1 rings (SSSR count). The summed E-state index contributed by atoms with van der Waals surface area (Å²) >= 11 is 0. The largest absolute Gasteiger partial charge is 0.365 e. The number of amides is 1. The number of nitriles is 1. The first-order valence-corrected chi connectivity index (χ1v) is 2.91. The molecule has 0 atom stereocenters. The molecule has 0 aliphatic carbocycles. The van der Waals surface area contributed by atoms with Gasteiger partial charge in [-0.3, -0.25) is 9.89 Å². The second-order valence-electron chi connectivity index (χ2n) is 2.05. The number of aromatic nitrogens is 2. The summed E-state index contributed by atoms with van der Waals surface area (Å²) in [5, 5.41) is 14.5. The van der Waals surface area contributed by atoms with Crippen LogP contribution in [0.3, 0.4) is 0 Å². The maximum absolute atomic E-state index is 10.7. The first kappa shape index (κ1) is 7.28. The average molecular weight is 150 g/mol. The summed E-state index contributed by atoms with van der Waals surface area (Å²) in [5.41, 5.74) is 5.73. The van der Waals surface area contributed by atoms with Gasteiger partial charge in [0.05, 0.1) is 5.56 Å². The molecule has 0 aliphatic heterocycles. The lowest BCUT2D eigenvalue weighted by Gasteiger charge is -1.89. The van der Waals surface area contributed by atoms with Crippen LogP contribution in [0, 0.1) is 18.3 Å². The fourth-order valence-corrected chi connectivity index (χ4v) is 0.812. The van der Waals surface area contributed by atoms with Crippen molar-refractivity contribution >= 4 is 5.91 Å². The fraction of sp³-hybridized carbons (Fsp3) is 0.167. The van der Waals surface area contributed by atoms with Gasteiger partial charge in [0.1, 0.15) is 6.07 Å². The first-order valence-electron chi connectivity index (χ1n) is 2.91. The van der Waals surface area contributed by atoms with Crippen molar-refractivity contribution in [1.29, 1.82) is 5.26 Å². The Labute approximate surface area is 62.8 Å². The predicted octanol–water partition coefficient (Wildman–Crippen LogP) is -0.311. The molecule has 0 fully saturated rings. The van der Waals surface area contributed by atoms with Gasteiger partial charge in [0, 0.05) is 5.69 Å². The standard InChI is InChI=1S/C6H6N4O/c1-3-5(6(8)11)4(2-7)10-9-3/h1H3,(H2,8,11)(H,9,10). The third-order valence-electron chi connectivity index (χ3n) is 1.30. The summed E-state index contributed by atoms with van der Waals surface area (Å²) < 4.78 is 0. The second-order valence-corrected chi connectivity index (χ2v) is 2.05. The zero-order valence-electron chi connectivity index (χ0n) is 5.88. The van der Waals surface area contributed by atoms with E-state index in [2.05, 4.69) is 10.2 Å². The number of nitrogens with two attached hydrogens (primary N) is 1. The van der Waals surface area contributed by atoms with Crippen LogP contribution in [0.4, 0.5) is 0 Å². The van der Waals surface area contributed by atoms with Gasteiger partial charge in [0.25, 0.3) is 5.91 Å². The topological polar surface area (TPSA) is 95.6 Å². The highest BCUT2D eigenvalue weighted by atomic mass is 16.1. The Morgan fingerprint density at radius 2 is 2.45 bits per heavy atom. The Morgan fingerprint density at radius 1 is 1.82 bits per heavy atom. The van der Waals surface area contributed by atoms with Crippen LogP contribution in [0.1, 0.15) is 21.7 Å². The number of hydrogen-bond donors (Lipinski definition) is 2. The van der Waals surface area contributed by atoms with Crippen molar-refractivity contribution < 1.29 is 4.79 Å². The molecule has 0 unspecified atom stereocenters. The van der Waals surface area contributed by atoms with Crippen molar-refractivity contribution in [3.8, 4) is 6.07 Å². The van der Waals surface area contributed by atoms with Crippen molar-refractivity contribution in [2.24, 2.45) is 5.73 Å². The molecule has 0 spiro atoms. The van der Waals surface area contributed by atoms with E-state index in [1.54, 1.807) is 13.0 Å². The molecule has 0 aromatic carbocycles. The number of aromatic amines is 1. The molecular formula is C6H6N4O. The van der Waals surface area contributed by atoms with Crippen LogP contribution in [0.25, 0.3) is 0 Å². The summed E-state index contributed by atoms with van der Waals surface area (Å²) in [6, 6.07) is 1.75. The predicted molar refractivity (Wildman–Crippen MR) is 36.6 cm³/mol. The molecule has 5 nitrogen and oxygen atoms in total. The van der Waals surface area contributed by atoms with E-state index in [0.717, 1.165) is 0 Å².